The molecule has 0 radical (unpaired) electrons. The molecule has 0 aromatic heterocycles. The van der Waals surface area contributed by atoms with Gasteiger partial charge in [-0.2, -0.15) is 0 Å². The minimum Gasteiger partial charge on any atom is -0.380 e. The summed E-state index contributed by atoms with van der Waals surface area (Å²) in [6.07, 6.45) is 2.57. The van der Waals surface area contributed by atoms with Gasteiger partial charge in [0.2, 0.25) is 5.91 Å². The average Bonchev–Trinajstić information content (AvgIpc) is 2.61. The van der Waals surface area contributed by atoms with Gasteiger partial charge in [-0.3, -0.25) is 14.9 Å². The summed E-state index contributed by atoms with van der Waals surface area (Å²) in [6.45, 7) is 1.26. The topological polar surface area (TPSA) is 75.5 Å². The number of nitrogens with zero attached hydrogens (tertiary/aromatic N) is 2. The number of hydrogen-bond acceptors (Lipinski definition) is 4. The highest BCUT2D eigenvalue weighted by atomic mass is 35.5. The summed E-state index contributed by atoms with van der Waals surface area (Å²) in [4.78, 5) is 24.2. The second-order valence-corrected chi connectivity index (χ2v) is 6.35. The molecule has 6 nitrogen and oxygen atoms in total. The Bertz CT molecular complexity index is 810. The van der Waals surface area contributed by atoms with Crippen LogP contribution < -0.4 is 10.2 Å². The first-order valence-electron chi connectivity index (χ1n) is 8.12. The van der Waals surface area contributed by atoms with E-state index in [4.69, 9.17) is 11.6 Å². The van der Waals surface area contributed by atoms with Gasteiger partial charge in [0.25, 0.3) is 5.69 Å². The van der Waals surface area contributed by atoms with Gasteiger partial charge in [0.1, 0.15) is 0 Å². The van der Waals surface area contributed by atoms with Crippen LogP contribution in [-0.2, 0) is 11.3 Å². The highest BCUT2D eigenvalue weighted by Gasteiger charge is 2.19. The van der Waals surface area contributed by atoms with Gasteiger partial charge >= 0.3 is 0 Å². The zero-order valence-electron chi connectivity index (χ0n) is 13.6. The van der Waals surface area contributed by atoms with Crippen LogP contribution in [0.1, 0.15) is 24.8 Å². The molecule has 1 aliphatic heterocycles. The van der Waals surface area contributed by atoms with Gasteiger partial charge in [0.15, 0.2) is 0 Å². The Hall–Kier alpha value is -2.60. The molecule has 0 atom stereocenters. The molecule has 2 aromatic carbocycles. The molecular formula is C18H18ClN3O3. The fourth-order valence-electron chi connectivity index (χ4n) is 2.87. The molecule has 0 saturated carbocycles. The Kier molecular flexibility index (Phi) is 5.19. The molecule has 0 bridgehead atoms. The first-order valence-corrected chi connectivity index (χ1v) is 8.49. The van der Waals surface area contributed by atoms with Crippen molar-refractivity contribution >= 4 is 34.6 Å². The largest absolute Gasteiger partial charge is 0.380 e. The van der Waals surface area contributed by atoms with Crippen LogP contribution >= 0.6 is 11.6 Å². The van der Waals surface area contributed by atoms with Crippen molar-refractivity contribution in [2.75, 3.05) is 16.8 Å². The van der Waals surface area contributed by atoms with Crippen LogP contribution in [-0.4, -0.2) is 17.4 Å². The van der Waals surface area contributed by atoms with Crippen LogP contribution in [0.5, 0.6) is 0 Å². The van der Waals surface area contributed by atoms with Crippen LogP contribution in [0.15, 0.2) is 42.5 Å². The lowest BCUT2D eigenvalue weighted by atomic mass is 10.1. The number of anilines is 2. The van der Waals surface area contributed by atoms with E-state index in [0.29, 0.717) is 23.7 Å². The normalized spacial score (nSPS) is 14.4. The maximum atomic E-state index is 12.1. The number of carbonyl (C=O) groups is 1. The molecule has 1 fully saturated rings. The van der Waals surface area contributed by atoms with Gasteiger partial charge < -0.3 is 10.2 Å². The molecule has 0 unspecified atom stereocenters. The highest BCUT2D eigenvalue weighted by molar-refractivity contribution is 6.33. The molecule has 1 amide bonds. The molecule has 130 valence electrons. The number of amides is 1. The molecule has 1 saturated heterocycles. The third-order valence-corrected chi connectivity index (χ3v) is 4.50. The minimum atomic E-state index is -0.477. The molecule has 7 heteroatoms. The number of benzene rings is 2. The van der Waals surface area contributed by atoms with Crippen molar-refractivity contribution < 1.29 is 9.72 Å². The second kappa shape index (κ2) is 7.53. The quantitative estimate of drug-likeness (QED) is 0.635. The van der Waals surface area contributed by atoms with Crippen molar-refractivity contribution in [1.29, 1.82) is 0 Å². The van der Waals surface area contributed by atoms with Crippen LogP contribution in [0.4, 0.5) is 17.1 Å². The van der Waals surface area contributed by atoms with E-state index < -0.39 is 4.92 Å². The Morgan fingerprint density at radius 2 is 2.04 bits per heavy atom. The summed E-state index contributed by atoms with van der Waals surface area (Å²) in [5.41, 5.74) is 2.50. The Labute approximate surface area is 150 Å². The monoisotopic (exact) mass is 359 g/mol. The summed E-state index contributed by atoms with van der Waals surface area (Å²) in [7, 11) is 0. The maximum absolute atomic E-state index is 12.1. The molecule has 1 N–H and O–H groups in total. The molecule has 0 spiro atoms. The van der Waals surface area contributed by atoms with Crippen LogP contribution in [0.3, 0.4) is 0 Å². The number of hydrogen-bond donors (Lipinski definition) is 1. The fourth-order valence-corrected chi connectivity index (χ4v) is 3.11. The van der Waals surface area contributed by atoms with Crippen LogP contribution in [0.2, 0.25) is 5.02 Å². The number of non-ortho nitro benzene ring substituents is 1. The Balaban J connectivity index is 1.70. The van der Waals surface area contributed by atoms with E-state index in [0.717, 1.165) is 30.6 Å². The van der Waals surface area contributed by atoms with Gasteiger partial charge in [-0.05, 0) is 36.6 Å². The van der Waals surface area contributed by atoms with Crippen molar-refractivity contribution in [3.8, 4) is 0 Å². The number of nitro benzene ring substituents is 1. The van der Waals surface area contributed by atoms with Gasteiger partial charge in [-0.25, -0.2) is 0 Å². The highest BCUT2D eigenvalue weighted by Crippen LogP contribution is 2.27. The first kappa shape index (κ1) is 17.2. The fraction of sp³-hybridized carbons (Fsp3) is 0.278. The molecule has 1 aliphatic rings. The Morgan fingerprint density at radius 3 is 2.76 bits per heavy atom. The van der Waals surface area contributed by atoms with Gasteiger partial charge in [0, 0.05) is 37.3 Å². The third kappa shape index (κ3) is 4.09. The summed E-state index contributed by atoms with van der Waals surface area (Å²) in [5, 5.41) is 14.2. The van der Waals surface area contributed by atoms with Gasteiger partial charge in [-0.1, -0.05) is 23.7 Å². The van der Waals surface area contributed by atoms with Crippen LogP contribution in [0.25, 0.3) is 0 Å². The zero-order chi connectivity index (χ0) is 17.8. The van der Waals surface area contributed by atoms with E-state index in [9.17, 15) is 14.9 Å². The third-order valence-electron chi connectivity index (χ3n) is 4.19. The number of halogens is 1. The van der Waals surface area contributed by atoms with E-state index in [1.165, 1.54) is 12.1 Å². The van der Waals surface area contributed by atoms with E-state index in [1.54, 1.807) is 6.07 Å². The summed E-state index contributed by atoms with van der Waals surface area (Å²) in [5.74, 6) is 0.162. The number of carbonyl (C=O) groups excluding carboxylic acids is 1. The van der Waals surface area contributed by atoms with Crippen molar-refractivity contribution in [2.24, 2.45) is 0 Å². The van der Waals surface area contributed by atoms with Crippen molar-refractivity contribution in [1.82, 2.24) is 0 Å². The average molecular weight is 360 g/mol. The zero-order valence-corrected chi connectivity index (χ0v) is 14.3. The molecule has 2 aromatic rings. The molecule has 1 heterocycles. The van der Waals surface area contributed by atoms with Crippen molar-refractivity contribution in [2.45, 2.75) is 25.8 Å². The summed E-state index contributed by atoms with van der Waals surface area (Å²) < 4.78 is 0. The smallest absolute Gasteiger partial charge is 0.271 e. The van der Waals surface area contributed by atoms with Crippen molar-refractivity contribution in [3.63, 3.8) is 0 Å². The number of nitro groups is 1. The Morgan fingerprint density at radius 1 is 1.20 bits per heavy atom. The van der Waals surface area contributed by atoms with Crippen molar-refractivity contribution in [3.05, 3.63) is 63.2 Å². The maximum Gasteiger partial charge on any atom is 0.271 e. The standard InChI is InChI=1S/C18H18ClN3O3/c19-16-11-15(22(24)25)7-8-17(16)20-12-13-4-3-5-14(10-13)21-9-2-1-6-18(21)23/h3-5,7-8,10-11,20H,1-2,6,9,12H2. The van der Waals surface area contributed by atoms with E-state index in [2.05, 4.69) is 5.32 Å². The van der Waals surface area contributed by atoms with Gasteiger partial charge in [0.05, 0.1) is 15.6 Å². The van der Waals surface area contributed by atoms with E-state index in [1.807, 2.05) is 29.2 Å². The lowest BCUT2D eigenvalue weighted by molar-refractivity contribution is -0.384. The number of nitrogens with one attached hydrogen (secondary N) is 1. The van der Waals surface area contributed by atoms with E-state index >= 15 is 0 Å². The lowest BCUT2D eigenvalue weighted by Gasteiger charge is -2.27. The SMILES string of the molecule is O=C1CCCCN1c1cccc(CNc2ccc([N+](=O)[O-])cc2Cl)c1. The summed E-state index contributed by atoms with van der Waals surface area (Å²) in [6, 6.07) is 12.1. The van der Waals surface area contributed by atoms with Crippen LogP contribution in [0, 0.1) is 10.1 Å². The molecule has 3 rings (SSSR count). The molecule has 25 heavy (non-hydrogen) atoms. The first-order chi connectivity index (χ1) is 12.0. The molecule has 0 aliphatic carbocycles. The molecular weight excluding hydrogens is 342 g/mol. The minimum absolute atomic E-state index is 0.0406. The predicted molar refractivity (Wildman–Crippen MR) is 98.1 cm³/mol. The lowest BCUT2D eigenvalue weighted by Crippen LogP contribution is -2.35. The number of piperidine rings is 1. The number of rotatable bonds is 5. The predicted octanol–water partition coefficient (Wildman–Crippen LogP) is 4.38. The van der Waals surface area contributed by atoms with E-state index in [-0.39, 0.29) is 11.6 Å². The summed E-state index contributed by atoms with van der Waals surface area (Å²) >= 11 is 6.09. The second-order valence-electron chi connectivity index (χ2n) is 5.95. The van der Waals surface area contributed by atoms with Gasteiger partial charge in [-0.15, -0.1) is 0 Å².